The third-order valence-electron chi connectivity index (χ3n) is 5.42. The van der Waals surface area contributed by atoms with Gasteiger partial charge >= 0.3 is 0 Å². The van der Waals surface area contributed by atoms with E-state index in [2.05, 4.69) is 20.2 Å². The third-order valence-corrected chi connectivity index (χ3v) is 5.42. The molecule has 0 unspecified atom stereocenters. The van der Waals surface area contributed by atoms with E-state index in [9.17, 15) is 10.1 Å². The fraction of sp³-hybridized carbons (Fsp3) is 0.304. The van der Waals surface area contributed by atoms with Crippen LogP contribution in [0.5, 0.6) is 0 Å². The number of morpholine rings is 1. The quantitative estimate of drug-likeness (QED) is 0.314. The van der Waals surface area contributed by atoms with E-state index in [1.165, 1.54) is 6.07 Å². The number of anilines is 2. The SMILES string of the molecule is Nc1ncc(-c2cccc(-c3cccc([N+](=O)[O-])c3)c2)c(NCCCN2CCOCC2)n1. The average Bonchev–Trinajstić information content (AvgIpc) is 2.83. The molecule has 0 aliphatic carbocycles. The topological polar surface area (TPSA) is 119 Å². The highest BCUT2D eigenvalue weighted by molar-refractivity contribution is 5.79. The lowest BCUT2D eigenvalue weighted by Crippen LogP contribution is -2.37. The molecule has 4 rings (SSSR count). The van der Waals surface area contributed by atoms with Gasteiger partial charge in [0, 0.05) is 43.5 Å². The maximum Gasteiger partial charge on any atom is 0.270 e. The molecular formula is C23H26N6O3. The van der Waals surface area contributed by atoms with Crippen LogP contribution in [-0.2, 0) is 4.74 Å². The Morgan fingerprint density at radius 2 is 1.81 bits per heavy atom. The van der Waals surface area contributed by atoms with Crippen LogP contribution in [0.4, 0.5) is 17.5 Å². The van der Waals surface area contributed by atoms with Gasteiger partial charge in [0.2, 0.25) is 5.95 Å². The van der Waals surface area contributed by atoms with Crippen molar-refractivity contribution in [1.29, 1.82) is 0 Å². The largest absolute Gasteiger partial charge is 0.379 e. The molecule has 9 nitrogen and oxygen atoms in total. The number of non-ortho nitro benzene ring substituents is 1. The first-order chi connectivity index (χ1) is 15.6. The Morgan fingerprint density at radius 3 is 2.59 bits per heavy atom. The molecule has 2 heterocycles. The predicted molar refractivity (Wildman–Crippen MR) is 124 cm³/mol. The Hall–Kier alpha value is -3.56. The van der Waals surface area contributed by atoms with Crippen molar-refractivity contribution in [2.75, 3.05) is 50.4 Å². The minimum Gasteiger partial charge on any atom is -0.379 e. The van der Waals surface area contributed by atoms with E-state index < -0.39 is 0 Å². The Balaban J connectivity index is 1.51. The van der Waals surface area contributed by atoms with E-state index in [4.69, 9.17) is 10.5 Å². The van der Waals surface area contributed by atoms with E-state index in [0.717, 1.165) is 68.1 Å². The molecule has 9 heteroatoms. The molecule has 32 heavy (non-hydrogen) atoms. The highest BCUT2D eigenvalue weighted by Crippen LogP contribution is 2.31. The number of nitro benzene ring substituents is 1. The van der Waals surface area contributed by atoms with Gasteiger partial charge in [0.1, 0.15) is 5.82 Å². The Labute approximate surface area is 186 Å². The van der Waals surface area contributed by atoms with Crippen molar-refractivity contribution in [3.63, 3.8) is 0 Å². The molecule has 0 amide bonds. The van der Waals surface area contributed by atoms with Crippen LogP contribution in [-0.4, -0.2) is 59.2 Å². The van der Waals surface area contributed by atoms with Gasteiger partial charge in [-0.15, -0.1) is 0 Å². The van der Waals surface area contributed by atoms with Gasteiger partial charge in [-0.2, -0.15) is 4.98 Å². The minimum absolute atomic E-state index is 0.0614. The van der Waals surface area contributed by atoms with Crippen LogP contribution < -0.4 is 11.1 Å². The molecule has 1 aliphatic rings. The monoisotopic (exact) mass is 434 g/mol. The van der Waals surface area contributed by atoms with E-state index in [-0.39, 0.29) is 16.6 Å². The van der Waals surface area contributed by atoms with Crippen LogP contribution in [0.1, 0.15) is 6.42 Å². The summed E-state index contributed by atoms with van der Waals surface area (Å²) in [6.07, 6.45) is 2.68. The first kappa shape index (κ1) is 21.7. The highest BCUT2D eigenvalue weighted by atomic mass is 16.6. The van der Waals surface area contributed by atoms with Crippen molar-refractivity contribution < 1.29 is 9.66 Å². The van der Waals surface area contributed by atoms with Gasteiger partial charge < -0.3 is 15.8 Å². The van der Waals surface area contributed by atoms with Crippen molar-refractivity contribution >= 4 is 17.5 Å². The Morgan fingerprint density at radius 1 is 1.09 bits per heavy atom. The minimum atomic E-state index is -0.389. The zero-order chi connectivity index (χ0) is 22.3. The lowest BCUT2D eigenvalue weighted by molar-refractivity contribution is -0.384. The summed E-state index contributed by atoms with van der Waals surface area (Å²) in [6.45, 7) is 5.27. The smallest absolute Gasteiger partial charge is 0.270 e. The molecule has 1 aliphatic heterocycles. The van der Waals surface area contributed by atoms with Crippen LogP contribution in [0.3, 0.4) is 0 Å². The second-order valence-corrected chi connectivity index (χ2v) is 7.61. The summed E-state index contributed by atoms with van der Waals surface area (Å²) in [6, 6.07) is 14.4. The number of nitro groups is 1. The molecule has 0 saturated carbocycles. The van der Waals surface area contributed by atoms with Crippen molar-refractivity contribution in [3.05, 3.63) is 64.8 Å². The number of aromatic nitrogens is 2. The van der Waals surface area contributed by atoms with Crippen molar-refractivity contribution in [2.24, 2.45) is 0 Å². The second kappa shape index (κ2) is 10.2. The normalized spacial score (nSPS) is 14.2. The number of nitrogens with one attached hydrogen (secondary N) is 1. The van der Waals surface area contributed by atoms with E-state index in [0.29, 0.717) is 5.82 Å². The number of hydrogen-bond acceptors (Lipinski definition) is 8. The first-order valence-electron chi connectivity index (χ1n) is 10.6. The van der Waals surface area contributed by atoms with E-state index in [1.807, 2.05) is 30.3 Å². The van der Waals surface area contributed by atoms with Gasteiger partial charge in [-0.25, -0.2) is 4.98 Å². The predicted octanol–water partition coefficient (Wildman–Crippen LogP) is 3.44. The fourth-order valence-electron chi connectivity index (χ4n) is 3.74. The molecule has 1 fully saturated rings. The molecule has 3 aromatic rings. The number of nitrogens with zero attached hydrogens (tertiary/aromatic N) is 4. The lowest BCUT2D eigenvalue weighted by atomic mass is 9.99. The van der Waals surface area contributed by atoms with Crippen molar-refractivity contribution in [1.82, 2.24) is 14.9 Å². The van der Waals surface area contributed by atoms with Gasteiger partial charge in [0.05, 0.1) is 18.1 Å². The van der Waals surface area contributed by atoms with Gasteiger partial charge in [-0.1, -0.05) is 30.3 Å². The van der Waals surface area contributed by atoms with Crippen molar-refractivity contribution in [2.45, 2.75) is 6.42 Å². The maximum atomic E-state index is 11.1. The van der Waals surface area contributed by atoms with Crippen LogP contribution in [0.2, 0.25) is 0 Å². The molecule has 0 spiro atoms. The number of benzene rings is 2. The third kappa shape index (κ3) is 5.37. The molecule has 1 saturated heterocycles. The van der Waals surface area contributed by atoms with Crippen LogP contribution in [0.25, 0.3) is 22.3 Å². The highest BCUT2D eigenvalue weighted by Gasteiger charge is 2.13. The zero-order valence-corrected chi connectivity index (χ0v) is 17.7. The maximum absolute atomic E-state index is 11.1. The number of nitrogen functional groups attached to an aromatic ring is 1. The lowest BCUT2D eigenvalue weighted by Gasteiger charge is -2.26. The number of hydrogen-bond donors (Lipinski definition) is 2. The molecule has 0 radical (unpaired) electrons. The second-order valence-electron chi connectivity index (χ2n) is 7.61. The molecule has 3 N–H and O–H groups in total. The van der Waals surface area contributed by atoms with E-state index in [1.54, 1.807) is 18.3 Å². The van der Waals surface area contributed by atoms with Crippen LogP contribution in [0.15, 0.2) is 54.7 Å². The zero-order valence-electron chi connectivity index (χ0n) is 17.7. The van der Waals surface area contributed by atoms with Gasteiger partial charge in [-0.05, 0) is 35.7 Å². The average molecular weight is 435 g/mol. The van der Waals surface area contributed by atoms with Crippen molar-refractivity contribution in [3.8, 4) is 22.3 Å². The standard InChI is InChI=1S/C23H26N6O3/c24-23-26-16-21(22(27-23)25-8-3-9-28-10-12-32-13-11-28)19-6-1-4-17(14-19)18-5-2-7-20(15-18)29(30)31/h1-2,4-7,14-16H,3,8-13H2,(H3,24,25,26,27). The fourth-order valence-corrected chi connectivity index (χ4v) is 3.74. The molecular weight excluding hydrogens is 408 g/mol. The first-order valence-corrected chi connectivity index (χ1v) is 10.6. The summed E-state index contributed by atoms with van der Waals surface area (Å²) >= 11 is 0. The summed E-state index contributed by atoms with van der Waals surface area (Å²) < 4.78 is 5.39. The summed E-state index contributed by atoms with van der Waals surface area (Å²) in [4.78, 5) is 21.7. The number of ether oxygens (including phenoxy) is 1. The Bertz CT molecular complexity index is 1080. The van der Waals surface area contributed by atoms with Gasteiger partial charge in [0.25, 0.3) is 5.69 Å². The van der Waals surface area contributed by atoms with Crippen LogP contribution in [0, 0.1) is 10.1 Å². The molecule has 1 aromatic heterocycles. The number of nitrogens with two attached hydrogens (primary N) is 1. The number of rotatable bonds is 8. The summed E-state index contributed by atoms with van der Waals surface area (Å²) in [7, 11) is 0. The van der Waals surface area contributed by atoms with E-state index >= 15 is 0 Å². The van der Waals surface area contributed by atoms with Gasteiger partial charge in [0.15, 0.2) is 0 Å². The summed E-state index contributed by atoms with van der Waals surface area (Å²) in [5.41, 5.74) is 9.30. The molecule has 2 aromatic carbocycles. The summed E-state index contributed by atoms with van der Waals surface area (Å²) in [5.74, 6) is 0.884. The van der Waals surface area contributed by atoms with Gasteiger partial charge in [-0.3, -0.25) is 15.0 Å². The summed E-state index contributed by atoms with van der Waals surface area (Å²) in [5, 5.41) is 14.5. The van der Waals surface area contributed by atoms with Crippen LogP contribution >= 0.6 is 0 Å². The molecule has 166 valence electrons. The Kier molecular flexibility index (Phi) is 6.88. The molecule has 0 atom stereocenters. The molecule has 0 bridgehead atoms.